The lowest BCUT2D eigenvalue weighted by Crippen LogP contribution is -1.97. The van der Waals surface area contributed by atoms with E-state index in [4.69, 9.17) is 4.74 Å². The van der Waals surface area contributed by atoms with Crippen LogP contribution in [0.4, 0.5) is 4.39 Å². The molecule has 96 valence electrons. The fraction of sp³-hybridized carbons (Fsp3) is 0.125. The van der Waals surface area contributed by atoms with Crippen LogP contribution in [0.1, 0.15) is 5.56 Å². The molecule has 0 radical (unpaired) electrons. The number of hydrogen-bond acceptors (Lipinski definition) is 1. The molecule has 0 saturated carbocycles. The minimum Gasteiger partial charge on any atom is -0.497 e. The number of rotatable bonds is 2. The summed E-state index contributed by atoms with van der Waals surface area (Å²) in [5.74, 6) is 0.502. The van der Waals surface area contributed by atoms with Crippen molar-refractivity contribution in [3.05, 3.63) is 60.0 Å². The number of fused-ring (bicyclic) bond motifs is 1. The lowest BCUT2D eigenvalue weighted by atomic mass is 10.2. The molecule has 0 N–H and O–H groups in total. The van der Waals surface area contributed by atoms with Gasteiger partial charge in [-0.15, -0.1) is 0 Å². The highest BCUT2D eigenvalue weighted by molar-refractivity contribution is 5.82. The molecule has 0 spiro atoms. The van der Waals surface area contributed by atoms with Gasteiger partial charge in [0, 0.05) is 17.1 Å². The minimum atomic E-state index is -0.259. The van der Waals surface area contributed by atoms with Crippen LogP contribution in [0, 0.1) is 12.9 Å². The molecule has 0 saturated heterocycles. The van der Waals surface area contributed by atoms with Crippen molar-refractivity contribution in [1.29, 1.82) is 0 Å². The Kier molecular flexibility index (Phi) is 2.75. The Balaban J connectivity index is 2.22. The Morgan fingerprint density at radius 1 is 1.00 bits per heavy atom. The molecule has 2 aromatic carbocycles. The number of methoxy groups -OCH3 is 1. The van der Waals surface area contributed by atoms with E-state index in [-0.39, 0.29) is 5.95 Å². The van der Waals surface area contributed by atoms with Crippen LogP contribution in [0.3, 0.4) is 0 Å². The van der Waals surface area contributed by atoms with E-state index in [2.05, 4.69) is 0 Å². The van der Waals surface area contributed by atoms with Crippen LogP contribution in [0.15, 0.2) is 48.5 Å². The summed E-state index contributed by atoms with van der Waals surface area (Å²) in [6.45, 7) is 2.00. The number of aryl methyl sites for hydroxylation is 1. The number of aromatic nitrogens is 1. The summed E-state index contributed by atoms with van der Waals surface area (Å²) in [5.41, 5.74) is 2.78. The van der Waals surface area contributed by atoms with Crippen molar-refractivity contribution >= 4 is 10.9 Å². The van der Waals surface area contributed by atoms with Crippen molar-refractivity contribution < 1.29 is 9.13 Å². The Morgan fingerprint density at radius 3 is 2.42 bits per heavy atom. The van der Waals surface area contributed by atoms with Gasteiger partial charge in [-0.05, 0) is 42.8 Å². The van der Waals surface area contributed by atoms with Gasteiger partial charge in [-0.1, -0.05) is 12.1 Å². The van der Waals surface area contributed by atoms with Crippen LogP contribution in [0.2, 0.25) is 0 Å². The fourth-order valence-corrected chi connectivity index (χ4v) is 2.27. The second-order valence-corrected chi connectivity index (χ2v) is 4.56. The average molecular weight is 255 g/mol. The van der Waals surface area contributed by atoms with E-state index in [9.17, 15) is 4.39 Å². The number of nitrogens with zero attached hydrogens (tertiary/aromatic N) is 1. The first-order valence-corrected chi connectivity index (χ1v) is 6.11. The SMILES string of the molecule is COc1ccc(-n2c(F)cc3ccc(C)cc32)cc1. The van der Waals surface area contributed by atoms with Gasteiger partial charge in [0.2, 0.25) is 0 Å². The van der Waals surface area contributed by atoms with Crippen LogP contribution in [-0.4, -0.2) is 11.7 Å². The number of hydrogen-bond donors (Lipinski definition) is 0. The molecule has 19 heavy (non-hydrogen) atoms. The summed E-state index contributed by atoms with van der Waals surface area (Å²) < 4.78 is 20.9. The van der Waals surface area contributed by atoms with Gasteiger partial charge in [0.25, 0.3) is 0 Å². The molecule has 1 heterocycles. The van der Waals surface area contributed by atoms with Gasteiger partial charge in [-0.2, -0.15) is 4.39 Å². The molecule has 3 rings (SSSR count). The van der Waals surface area contributed by atoms with Gasteiger partial charge in [0.15, 0.2) is 5.95 Å². The normalized spacial score (nSPS) is 10.9. The van der Waals surface area contributed by atoms with E-state index < -0.39 is 0 Å². The molecular weight excluding hydrogens is 241 g/mol. The first-order chi connectivity index (χ1) is 9.19. The summed E-state index contributed by atoms with van der Waals surface area (Å²) >= 11 is 0. The second kappa shape index (κ2) is 4.43. The zero-order valence-electron chi connectivity index (χ0n) is 10.9. The summed E-state index contributed by atoms with van der Waals surface area (Å²) in [7, 11) is 1.62. The van der Waals surface area contributed by atoms with E-state index in [0.29, 0.717) is 0 Å². The third-order valence-corrected chi connectivity index (χ3v) is 3.25. The Hall–Kier alpha value is -2.29. The molecule has 0 bridgehead atoms. The molecular formula is C16H14FNO. The van der Waals surface area contributed by atoms with Gasteiger partial charge >= 0.3 is 0 Å². The lowest BCUT2D eigenvalue weighted by molar-refractivity contribution is 0.414. The van der Waals surface area contributed by atoms with Crippen molar-refractivity contribution in [2.75, 3.05) is 7.11 Å². The minimum absolute atomic E-state index is 0.259. The predicted molar refractivity (Wildman–Crippen MR) is 74.5 cm³/mol. The zero-order chi connectivity index (χ0) is 13.4. The number of ether oxygens (including phenoxy) is 1. The molecule has 0 aliphatic rings. The Bertz CT molecular complexity index is 728. The van der Waals surface area contributed by atoms with Crippen molar-refractivity contribution in [3.8, 4) is 11.4 Å². The van der Waals surface area contributed by atoms with Crippen LogP contribution in [0.5, 0.6) is 5.75 Å². The maximum Gasteiger partial charge on any atom is 0.199 e. The van der Waals surface area contributed by atoms with Gasteiger partial charge < -0.3 is 4.74 Å². The van der Waals surface area contributed by atoms with E-state index in [1.54, 1.807) is 17.7 Å². The molecule has 3 aromatic rings. The molecule has 2 nitrogen and oxygen atoms in total. The van der Waals surface area contributed by atoms with Crippen molar-refractivity contribution in [2.24, 2.45) is 0 Å². The average Bonchev–Trinajstić information content (AvgIpc) is 2.74. The molecule has 1 aromatic heterocycles. The van der Waals surface area contributed by atoms with E-state index in [0.717, 1.165) is 27.9 Å². The van der Waals surface area contributed by atoms with Crippen LogP contribution in [-0.2, 0) is 0 Å². The highest BCUT2D eigenvalue weighted by Crippen LogP contribution is 2.25. The maximum atomic E-state index is 14.1. The summed E-state index contributed by atoms with van der Waals surface area (Å²) in [6.07, 6.45) is 0. The van der Waals surface area contributed by atoms with Crippen molar-refractivity contribution in [1.82, 2.24) is 4.57 Å². The second-order valence-electron chi connectivity index (χ2n) is 4.56. The number of halogens is 1. The monoisotopic (exact) mass is 255 g/mol. The Labute approximate surface area is 111 Å². The molecule has 0 atom stereocenters. The van der Waals surface area contributed by atoms with Gasteiger partial charge in [-0.3, -0.25) is 4.57 Å². The smallest absolute Gasteiger partial charge is 0.199 e. The summed E-state index contributed by atoms with van der Waals surface area (Å²) in [4.78, 5) is 0. The molecule has 0 aliphatic heterocycles. The van der Waals surface area contributed by atoms with E-state index >= 15 is 0 Å². The van der Waals surface area contributed by atoms with Gasteiger partial charge in [0.1, 0.15) is 5.75 Å². The standard InChI is InChI=1S/C16H14FNO/c1-11-3-4-12-10-16(17)18(15(12)9-11)13-5-7-14(19-2)8-6-13/h3-10H,1-2H3. The highest BCUT2D eigenvalue weighted by Gasteiger charge is 2.10. The number of benzene rings is 2. The highest BCUT2D eigenvalue weighted by atomic mass is 19.1. The summed E-state index contributed by atoms with van der Waals surface area (Å²) in [5, 5.41) is 0.902. The molecule has 0 unspecified atom stereocenters. The summed E-state index contributed by atoms with van der Waals surface area (Å²) in [6, 6.07) is 14.8. The van der Waals surface area contributed by atoms with Gasteiger partial charge in [0.05, 0.1) is 12.6 Å². The zero-order valence-corrected chi connectivity index (χ0v) is 10.9. The maximum absolute atomic E-state index is 14.1. The van der Waals surface area contributed by atoms with Crippen LogP contribution < -0.4 is 4.74 Å². The topological polar surface area (TPSA) is 14.2 Å². The largest absolute Gasteiger partial charge is 0.497 e. The molecule has 0 amide bonds. The first-order valence-electron chi connectivity index (χ1n) is 6.11. The first kappa shape index (κ1) is 11.8. The Morgan fingerprint density at radius 2 is 1.74 bits per heavy atom. The van der Waals surface area contributed by atoms with E-state index in [1.165, 1.54) is 0 Å². The molecule has 0 fully saturated rings. The van der Waals surface area contributed by atoms with Crippen molar-refractivity contribution in [3.63, 3.8) is 0 Å². The van der Waals surface area contributed by atoms with Crippen LogP contribution in [0.25, 0.3) is 16.6 Å². The van der Waals surface area contributed by atoms with Crippen molar-refractivity contribution in [2.45, 2.75) is 6.92 Å². The lowest BCUT2D eigenvalue weighted by Gasteiger charge is -2.08. The van der Waals surface area contributed by atoms with E-state index in [1.807, 2.05) is 49.4 Å². The fourth-order valence-electron chi connectivity index (χ4n) is 2.27. The third kappa shape index (κ3) is 1.97. The van der Waals surface area contributed by atoms with Crippen LogP contribution >= 0.6 is 0 Å². The molecule has 3 heteroatoms. The quantitative estimate of drug-likeness (QED) is 0.672. The third-order valence-electron chi connectivity index (χ3n) is 3.25. The van der Waals surface area contributed by atoms with Gasteiger partial charge in [-0.25, -0.2) is 0 Å². The molecule has 0 aliphatic carbocycles. The predicted octanol–water partition coefficient (Wildman–Crippen LogP) is 4.09.